The minimum atomic E-state index is 0.905. The normalized spacial score (nSPS) is 12.5. The molecule has 11 aromatic rings. The van der Waals surface area contributed by atoms with Gasteiger partial charge in [-0.25, -0.2) is 0 Å². The predicted molar refractivity (Wildman–Crippen MR) is 204 cm³/mol. The van der Waals surface area contributed by atoms with E-state index in [-0.39, 0.29) is 0 Å². The lowest BCUT2D eigenvalue weighted by atomic mass is 10.0. The third-order valence-electron chi connectivity index (χ3n) is 10.8. The summed E-state index contributed by atoms with van der Waals surface area (Å²) in [7, 11) is 0. The van der Waals surface area contributed by atoms with Crippen LogP contribution < -0.4 is 0 Å². The zero-order chi connectivity index (χ0) is 31.8. The molecule has 0 unspecified atom stereocenters. The van der Waals surface area contributed by atoms with Crippen molar-refractivity contribution >= 4 is 76.3 Å². The van der Waals surface area contributed by atoms with Crippen LogP contribution in [0.25, 0.3) is 110 Å². The molecule has 12 rings (SSSR count). The molecular formula is C46H26N2O. The fourth-order valence-corrected chi connectivity index (χ4v) is 8.96. The first-order valence-corrected chi connectivity index (χ1v) is 16.9. The molecule has 49 heavy (non-hydrogen) atoms. The Morgan fingerprint density at radius 3 is 1.71 bits per heavy atom. The van der Waals surface area contributed by atoms with E-state index in [1.54, 1.807) is 0 Å². The third-order valence-corrected chi connectivity index (χ3v) is 10.8. The van der Waals surface area contributed by atoms with Gasteiger partial charge >= 0.3 is 0 Å². The van der Waals surface area contributed by atoms with Crippen LogP contribution in [0.4, 0.5) is 0 Å². The van der Waals surface area contributed by atoms with Crippen molar-refractivity contribution in [2.24, 2.45) is 0 Å². The summed E-state index contributed by atoms with van der Waals surface area (Å²) >= 11 is 0. The zero-order valence-corrected chi connectivity index (χ0v) is 26.3. The monoisotopic (exact) mass is 622 g/mol. The highest BCUT2D eigenvalue weighted by Crippen LogP contribution is 2.52. The van der Waals surface area contributed by atoms with E-state index in [0.717, 1.165) is 38.7 Å². The molecule has 0 saturated heterocycles. The second-order valence-corrected chi connectivity index (χ2v) is 13.2. The molecule has 0 saturated carbocycles. The number of aromatic nitrogens is 2. The Kier molecular flexibility index (Phi) is 4.72. The van der Waals surface area contributed by atoms with Crippen molar-refractivity contribution in [1.82, 2.24) is 9.13 Å². The van der Waals surface area contributed by atoms with Crippen molar-refractivity contribution in [3.8, 4) is 33.6 Å². The largest absolute Gasteiger partial charge is 0.455 e. The van der Waals surface area contributed by atoms with Gasteiger partial charge in [0, 0.05) is 38.0 Å². The molecule has 0 radical (unpaired) electrons. The van der Waals surface area contributed by atoms with E-state index in [2.05, 4.69) is 167 Å². The molecular weight excluding hydrogens is 597 g/mol. The fourth-order valence-electron chi connectivity index (χ4n) is 8.96. The second-order valence-electron chi connectivity index (χ2n) is 13.2. The second kappa shape index (κ2) is 9.06. The van der Waals surface area contributed by atoms with Crippen molar-refractivity contribution in [1.29, 1.82) is 0 Å². The Hall–Kier alpha value is -6.58. The van der Waals surface area contributed by atoms with Crippen molar-refractivity contribution in [3.63, 3.8) is 0 Å². The van der Waals surface area contributed by atoms with Crippen LogP contribution in [0.5, 0.6) is 0 Å². The number of nitrogens with zero attached hydrogens (tertiary/aromatic N) is 2. The van der Waals surface area contributed by atoms with E-state index in [1.165, 1.54) is 71.3 Å². The highest BCUT2D eigenvalue weighted by Gasteiger charge is 2.29. The van der Waals surface area contributed by atoms with Gasteiger partial charge in [-0.05, 0) is 64.0 Å². The minimum Gasteiger partial charge on any atom is -0.455 e. The van der Waals surface area contributed by atoms with Crippen molar-refractivity contribution in [3.05, 3.63) is 158 Å². The van der Waals surface area contributed by atoms with Crippen LogP contribution in [0, 0.1) is 0 Å². The van der Waals surface area contributed by atoms with Gasteiger partial charge in [0.25, 0.3) is 0 Å². The van der Waals surface area contributed by atoms with Crippen molar-refractivity contribution in [2.75, 3.05) is 0 Å². The van der Waals surface area contributed by atoms with Gasteiger partial charge in [0.1, 0.15) is 11.2 Å². The maximum atomic E-state index is 6.92. The van der Waals surface area contributed by atoms with Gasteiger partial charge < -0.3 is 13.6 Å². The van der Waals surface area contributed by atoms with Crippen LogP contribution in [0.2, 0.25) is 0 Å². The first-order valence-electron chi connectivity index (χ1n) is 16.9. The van der Waals surface area contributed by atoms with E-state index >= 15 is 0 Å². The van der Waals surface area contributed by atoms with Gasteiger partial charge in [-0.2, -0.15) is 0 Å². The van der Waals surface area contributed by atoms with Gasteiger partial charge in [0.2, 0.25) is 0 Å². The molecule has 0 amide bonds. The van der Waals surface area contributed by atoms with E-state index < -0.39 is 0 Å². The van der Waals surface area contributed by atoms with Crippen LogP contribution in [-0.4, -0.2) is 9.13 Å². The highest BCUT2D eigenvalue weighted by atomic mass is 16.3. The summed E-state index contributed by atoms with van der Waals surface area (Å²) in [5.41, 5.74) is 14.0. The number of hydrogen-bond acceptors (Lipinski definition) is 1. The molecule has 3 heterocycles. The van der Waals surface area contributed by atoms with Crippen molar-refractivity contribution < 1.29 is 4.42 Å². The Morgan fingerprint density at radius 2 is 0.918 bits per heavy atom. The summed E-state index contributed by atoms with van der Waals surface area (Å²) in [6, 6.07) is 57.3. The lowest BCUT2D eigenvalue weighted by Gasteiger charge is -2.15. The van der Waals surface area contributed by atoms with E-state index in [1.807, 2.05) is 0 Å². The number of rotatable bonds is 2. The van der Waals surface area contributed by atoms with Gasteiger partial charge in [0.05, 0.1) is 33.1 Å². The SMILES string of the molecule is c1ccc(-n2c3ccccc3c3c4oc5ccccc5c4c4c5ccccc5n(-c5ccc6c7c(cccc57)-c5ccccc5-6)c4c32)cc1. The average Bonchev–Trinajstić information content (AvgIpc) is 3.90. The standard InChI is InChI=1S/C46H26N2O/c1-2-13-27(14-3-1)47-36-22-9-7-18-34(36)43-45(47)44-41(42-35-19-8-11-24-39(35)49-46(42)43)33-17-6-10-23-37(33)48(44)38-26-25-31-29-16-5-4-15-28(29)30-20-12-21-32(38)40(30)31/h1-26H. The number of furan rings is 1. The Labute approximate surface area is 280 Å². The lowest BCUT2D eigenvalue weighted by molar-refractivity contribution is 0.673. The molecule has 8 aromatic carbocycles. The maximum absolute atomic E-state index is 6.92. The van der Waals surface area contributed by atoms with Crippen molar-refractivity contribution in [2.45, 2.75) is 0 Å². The van der Waals surface area contributed by atoms with Crippen LogP contribution in [0.3, 0.4) is 0 Å². The number of hydrogen-bond donors (Lipinski definition) is 0. The molecule has 0 aliphatic heterocycles. The molecule has 0 N–H and O–H groups in total. The molecule has 1 aliphatic carbocycles. The first kappa shape index (κ1) is 25.5. The Bertz CT molecular complexity index is 3180. The summed E-state index contributed by atoms with van der Waals surface area (Å²) in [5.74, 6) is 0. The molecule has 3 aromatic heterocycles. The Morgan fingerprint density at radius 1 is 0.347 bits per heavy atom. The smallest absolute Gasteiger partial charge is 0.146 e. The number of benzene rings is 8. The summed E-state index contributed by atoms with van der Waals surface area (Å²) < 4.78 is 11.9. The summed E-state index contributed by atoms with van der Waals surface area (Å²) in [5, 5.41) is 9.63. The molecule has 3 nitrogen and oxygen atoms in total. The predicted octanol–water partition coefficient (Wildman–Crippen LogP) is 12.6. The summed E-state index contributed by atoms with van der Waals surface area (Å²) in [6.45, 7) is 0. The molecule has 0 fully saturated rings. The quantitative estimate of drug-likeness (QED) is 0.188. The molecule has 3 heteroatoms. The van der Waals surface area contributed by atoms with Crippen LogP contribution in [0.1, 0.15) is 0 Å². The van der Waals surface area contributed by atoms with Gasteiger partial charge in [-0.3, -0.25) is 0 Å². The van der Waals surface area contributed by atoms with Crippen LogP contribution in [0.15, 0.2) is 162 Å². The molecule has 0 spiro atoms. The zero-order valence-electron chi connectivity index (χ0n) is 26.3. The maximum Gasteiger partial charge on any atom is 0.146 e. The molecule has 1 aliphatic rings. The van der Waals surface area contributed by atoms with Gasteiger partial charge in [0.15, 0.2) is 0 Å². The minimum absolute atomic E-state index is 0.905. The van der Waals surface area contributed by atoms with Gasteiger partial charge in [-0.15, -0.1) is 0 Å². The lowest BCUT2D eigenvalue weighted by Crippen LogP contribution is -1.99. The molecule has 0 bridgehead atoms. The van der Waals surface area contributed by atoms with Crippen LogP contribution >= 0.6 is 0 Å². The fraction of sp³-hybridized carbons (Fsp3) is 0. The molecule has 226 valence electrons. The Balaban J connectivity index is 1.39. The van der Waals surface area contributed by atoms with Crippen LogP contribution in [-0.2, 0) is 0 Å². The summed E-state index contributed by atoms with van der Waals surface area (Å²) in [6.07, 6.45) is 0. The summed E-state index contributed by atoms with van der Waals surface area (Å²) in [4.78, 5) is 0. The third kappa shape index (κ3) is 3.09. The van der Waals surface area contributed by atoms with E-state index in [9.17, 15) is 0 Å². The van der Waals surface area contributed by atoms with E-state index in [4.69, 9.17) is 4.42 Å². The average molecular weight is 623 g/mol. The topological polar surface area (TPSA) is 23.0 Å². The highest BCUT2D eigenvalue weighted by molar-refractivity contribution is 6.39. The van der Waals surface area contributed by atoms with Gasteiger partial charge in [-0.1, -0.05) is 121 Å². The number of para-hydroxylation sites is 4. The number of fused-ring (bicyclic) bond motifs is 15. The molecule has 0 atom stereocenters. The van der Waals surface area contributed by atoms with E-state index in [0.29, 0.717) is 0 Å². The first-order chi connectivity index (χ1) is 24.4.